The van der Waals surface area contributed by atoms with Gasteiger partial charge in [0.25, 0.3) is 0 Å². The van der Waals surface area contributed by atoms with Crippen LogP contribution in [0, 0.1) is 5.41 Å². The van der Waals surface area contributed by atoms with Crippen LogP contribution in [0.5, 0.6) is 0 Å². The van der Waals surface area contributed by atoms with Crippen LogP contribution in [0.15, 0.2) is 0 Å². The van der Waals surface area contributed by atoms with Crippen molar-refractivity contribution in [3.05, 3.63) is 0 Å². The molecular weight excluding hydrogens is 200 g/mol. The summed E-state index contributed by atoms with van der Waals surface area (Å²) < 4.78 is 0. The van der Waals surface area contributed by atoms with Crippen LogP contribution in [0.4, 0.5) is 0 Å². The van der Waals surface area contributed by atoms with Gasteiger partial charge in [-0.25, -0.2) is 0 Å². The number of hydrogen-bond donors (Lipinski definition) is 1. The summed E-state index contributed by atoms with van der Waals surface area (Å²) in [7, 11) is 0. The molecule has 1 saturated heterocycles. The third-order valence-corrected chi connectivity index (χ3v) is 3.90. The van der Waals surface area contributed by atoms with E-state index >= 15 is 0 Å². The second kappa shape index (κ2) is 5.48. The Labute approximate surface area is 100 Å². The molecule has 1 rings (SSSR count). The molecule has 0 amide bonds. The maximum Gasteiger partial charge on any atom is 0.0575 e. The van der Waals surface area contributed by atoms with E-state index in [1.165, 1.54) is 0 Å². The summed E-state index contributed by atoms with van der Waals surface area (Å²) in [5.41, 5.74) is 0.000000709. The molecule has 3 nitrogen and oxygen atoms in total. The van der Waals surface area contributed by atoms with Crippen molar-refractivity contribution < 1.29 is 5.11 Å². The second-order valence-electron chi connectivity index (χ2n) is 6.07. The van der Waals surface area contributed by atoms with Crippen LogP contribution in [0.3, 0.4) is 0 Å². The summed E-state index contributed by atoms with van der Waals surface area (Å²) >= 11 is 0. The van der Waals surface area contributed by atoms with Gasteiger partial charge in [0.1, 0.15) is 0 Å². The van der Waals surface area contributed by atoms with E-state index in [0.29, 0.717) is 6.04 Å². The lowest BCUT2D eigenvalue weighted by Gasteiger charge is -2.41. The lowest BCUT2D eigenvalue weighted by molar-refractivity contribution is 0.0153. The fraction of sp³-hybridized carbons (Fsp3) is 1.00. The first-order chi connectivity index (χ1) is 7.33. The van der Waals surface area contributed by atoms with Crippen LogP contribution in [0.1, 0.15) is 34.6 Å². The zero-order chi connectivity index (χ0) is 12.3. The van der Waals surface area contributed by atoms with Gasteiger partial charge in [-0.05, 0) is 20.8 Å². The molecular formula is C13H28N2O. The van der Waals surface area contributed by atoms with Gasteiger partial charge in [0.05, 0.1) is 6.10 Å². The Bertz CT molecular complexity index is 206. The zero-order valence-electron chi connectivity index (χ0n) is 11.5. The first-order valence-corrected chi connectivity index (χ1v) is 6.47. The van der Waals surface area contributed by atoms with Gasteiger partial charge in [-0.1, -0.05) is 13.8 Å². The first-order valence-electron chi connectivity index (χ1n) is 6.47. The summed E-state index contributed by atoms with van der Waals surface area (Å²) in [6.07, 6.45) is -0.240. The van der Waals surface area contributed by atoms with Gasteiger partial charge in [-0.15, -0.1) is 0 Å². The molecule has 1 atom stereocenters. The molecule has 0 bridgehead atoms. The number of piperazine rings is 1. The average molecular weight is 228 g/mol. The fourth-order valence-corrected chi connectivity index (χ4v) is 2.15. The quantitative estimate of drug-likeness (QED) is 0.788. The number of aliphatic hydroxyl groups is 1. The molecule has 1 N–H and O–H groups in total. The molecule has 96 valence electrons. The number of hydrogen-bond acceptors (Lipinski definition) is 3. The van der Waals surface area contributed by atoms with Crippen LogP contribution in [-0.4, -0.2) is 59.8 Å². The minimum Gasteiger partial charge on any atom is -0.393 e. The summed E-state index contributed by atoms with van der Waals surface area (Å²) in [6, 6.07) is 0.659. The van der Waals surface area contributed by atoms with Crippen molar-refractivity contribution >= 4 is 0 Å². The van der Waals surface area contributed by atoms with Crippen molar-refractivity contribution in [2.75, 3.05) is 32.7 Å². The van der Waals surface area contributed by atoms with E-state index in [1.54, 1.807) is 0 Å². The summed E-state index contributed by atoms with van der Waals surface area (Å²) in [6.45, 7) is 16.3. The monoisotopic (exact) mass is 228 g/mol. The highest BCUT2D eigenvalue weighted by molar-refractivity contribution is 4.82. The maximum absolute atomic E-state index is 9.71. The molecule has 0 aromatic rings. The molecule has 0 radical (unpaired) electrons. The fourth-order valence-electron chi connectivity index (χ4n) is 2.15. The Morgan fingerprint density at radius 1 is 1.06 bits per heavy atom. The predicted octanol–water partition coefficient (Wildman–Crippen LogP) is 1.42. The highest BCUT2D eigenvalue weighted by atomic mass is 16.3. The van der Waals surface area contributed by atoms with Crippen molar-refractivity contribution in [1.29, 1.82) is 0 Å². The Kier molecular flexibility index (Phi) is 4.77. The maximum atomic E-state index is 9.71. The van der Waals surface area contributed by atoms with Crippen molar-refractivity contribution in [2.45, 2.75) is 46.8 Å². The zero-order valence-corrected chi connectivity index (χ0v) is 11.5. The van der Waals surface area contributed by atoms with Gasteiger partial charge in [-0.2, -0.15) is 0 Å². The second-order valence-corrected chi connectivity index (χ2v) is 6.07. The smallest absolute Gasteiger partial charge is 0.0575 e. The van der Waals surface area contributed by atoms with E-state index < -0.39 is 0 Å². The Balaban J connectivity index is 2.37. The number of aliphatic hydroxyl groups excluding tert-OH is 1. The van der Waals surface area contributed by atoms with Crippen molar-refractivity contribution in [2.24, 2.45) is 5.41 Å². The van der Waals surface area contributed by atoms with E-state index in [-0.39, 0.29) is 11.5 Å². The van der Waals surface area contributed by atoms with E-state index in [4.69, 9.17) is 0 Å². The van der Waals surface area contributed by atoms with Gasteiger partial charge in [0.2, 0.25) is 0 Å². The SMILES string of the molecule is CC(C)N1CCN(CC(C)(C)C(C)O)CC1. The molecule has 3 heteroatoms. The molecule has 0 aliphatic carbocycles. The van der Waals surface area contributed by atoms with Crippen LogP contribution in [-0.2, 0) is 0 Å². The van der Waals surface area contributed by atoms with Crippen molar-refractivity contribution in [1.82, 2.24) is 9.80 Å². The molecule has 1 unspecified atom stereocenters. The van der Waals surface area contributed by atoms with Crippen LogP contribution < -0.4 is 0 Å². The van der Waals surface area contributed by atoms with Crippen LogP contribution >= 0.6 is 0 Å². The molecule has 0 aromatic carbocycles. The lowest BCUT2D eigenvalue weighted by Crippen LogP contribution is -2.52. The Morgan fingerprint density at radius 3 is 1.94 bits per heavy atom. The van der Waals surface area contributed by atoms with Gasteiger partial charge in [-0.3, -0.25) is 4.90 Å². The summed E-state index contributed by atoms with van der Waals surface area (Å²) in [5, 5.41) is 9.71. The summed E-state index contributed by atoms with van der Waals surface area (Å²) in [4.78, 5) is 5.00. The Morgan fingerprint density at radius 2 is 1.56 bits per heavy atom. The van der Waals surface area contributed by atoms with Gasteiger partial charge in [0, 0.05) is 44.2 Å². The van der Waals surface area contributed by atoms with E-state index in [0.717, 1.165) is 32.7 Å². The standard InChI is InChI=1S/C13H28N2O/c1-11(2)15-8-6-14(7-9-15)10-13(4,5)12(3)16/h11-12,16H,6-10H2,1-5H3. The molecule has 16 heavy (non-hydrogen) atoms. The molecule has 0 saturated carbocycles. The first kappa shape index (κ1) is 13.9. The highest BCUT2D eigenvalue weighted by Crippen LogP contribution is 2.22. The molecule has 1 fully saturated rings. The van der Waals surface area contributed by atoms with Gasteiger partial charge < -0.3 is 10.0 Å². The van der Waals surface area contributed by atoms with Gasteiger partial charge >= 0.3 is 0 Å². The third-order valence-electron chi connectivity index (χ3n) is 3.90. The van der Waals surface area contributed by atoms with E-state index in [1.807, 2.05) is 6.92 Å². The number of rotatable bonds is 4. The van der Waals surface area contributed by atoms with E-state index in [2.05, 4.69) is 37.5 Å². The largest absolute Gasteiger partial charge is 0.393 e. The molecule has 0 aromatic heterocycles. The van der Waals surface area contributed by atoms with E-state index in [9.17, 15) is 5.11 Å². The van der Waals surface area contributed by atoms with Crippen molar-refractivity contribution in [3.8, 4) is 0 Å². The highest BCUT2D eigenvalue weighted by Gasteiger charge is 2.28. The molecule has 1 aliphatic rings. The lowest BCUT2D eigenvalue weighted by atomic mass is 9.86. The number of nitrogens with zero attached hydrogens (tertiary/aromatic N) is 2. The minimum absolute atomic E-state index is 0.000000709. The Hall–Kier alpha value is -0.120. The molecule has 1 aliphatic heterocycles. The normalized spacial score (nSPS) is 22.7. The average Bonchev–Trinajstić information content (AvgIpc) is 2.17. The van der Waals surface area contributed by atoms with Crippen LogP contribution in [0.2, 0.25) is 0 Å². The predicted molar refractivity (Wildman–Crippen MR) is 68.6 cm³/mol. The van der Waals surface area contributed by atoms with Crippen molar-refractivity contribution in [3.63, 3.8) is 0 Å². The third kappa shape index (κ3) is 3.72. The minimum atomic E-state index is -0.240. The molecule has 0 spiro atoms. The topological polar surface area (TPSA) is 26.7 Å². The molecule has 1 heterocycles. The van der Waals surface area contributed by atoms with Gasteiger partial charge in [0.15, 0.2) is 0 Å². The van der Waals surface area contributed by atoms with Crippen LogP contribution in [0.25, 0.3) is 0 Å². The summed E-state index contributed by atoms with van der Waals surface area (Å²) in [5.74, 6) is 0.